The molecule has 0 aliphatic heterocycles. The number of rotatable bonds is 7. The van der Waals surface area contributed by atoms with Crippen LogP contribution in [0.4, 0.5) is 0 Å². The Morgan fingerprint density at radius 3 is 2.72 bits per heavy atom. The van der Waals surface area contributed by atoms with E-state index in [1.54, 1.807) is 18.2 Å². The van der Waals surface area contributed by atoms with Crippen molar-refractivity contribution in [2.24, 2.45) is 0 Å². The predicted octanol–water partition coefficient (Wildman–Crippen LogP) is 3.73. The summed E-state index contributed by atoms with van der Waals surface area (Å²) in [5.74, 6) is -0.825. The minimum absolute atomic E-state index is 0.427. The lowest BCUT2D eigenvalue weighted by molar-refractivity contribution is -0.139. The van der Waals surface area contributed by atoms with Crippen LogP contribution in [0.25, 0.3) is 0 Å². The van der Waals surface area contributed by atoms with Crippen LogP contribution in [0.1, 0.15) is 31.7 Å². The third-order valence-corrected chi connectivity index (χ3v) is 3.29. The van der Waals surface area contributed by atoms with Gasteiger partial charge in [0.2, 0.25) is 0 Å². The molecule has 1 aromatic carbocycles. The van der Waals surface area contributed by atoms with Gasteiger partial charge in [0.1, 0.15) is 6.04 Å². The number of benzene rings is 1. The van der Waals surface area contributed by atoms with E-state index in [9.17, 15) is 4.79 Å². The van der Waals surface area contributed by atoms with E-state index in [-0.39, 0.29) is 0 Å². The van der Waals surface area contributed by atoms with Crippen LogP contribution in [-0.4, -0.2) is 17.1 Å². The van der Waals surface area contributed by atoms with E-state index in [1.807, 2.05) is 6.92 Å². The monoisotopic (exact) mass is 289 g/mol. The number of carboxylic acids is 1. The first-order valence-electron chi connectivity index (χ1n) is 5.94. The van der Waals surface area contributed by atoms with Crippen LogP contribution in [0, 0.1) is 0 Å². The van der Waals surface area contributed by atoms with Gasteiger partial charge in [-0.3, -0.25) is 4.79 Å². The number of carboxylic acid groups (broad SMARTS) is 1. The zero-order valence-electron chi connectivity index (χ0n) is 10.2. The lowest BCUT2D eigenvalue weighted by Gasteiger charge is -2.14. The Bertz CT molecular complexity index is 410. The fourth-order valence-electron chi connectivity index (χ4n) is 1.62. The summed E-state index contributed by atoms with van der Waals surface area (Å²) in [6, 6.07) is 4.67. The van der Waals surface area contributed by atoms with Crippen molar-refractivity contribution >= 4 is 29.2 Å². The van der Waals surface area contributed by atoms with Crippen molar-refractivity contribution in [3.8, 4) is 0 Å². The zero-order chi connectivity index (χ0) is 13.5. The molecule has 5 heteroatoms. The van der Waals surface area contributed by atoms with Gasteiger partial charge in [-0.05, 0) is 24.1 Å². The topological polar surface area (TPSA) is 49.3 Å². The number of unbranched alkanes of at least 4 members (excludes halogenated alkanes) is 1. The first-order chi connectivity index (χ1) is 8.54. The van der Waals surface area contributed by atoms with Crippen molar-refractivity contribution in [1.29, 1.82) is 0 Å². The molecule has 1 atom stereocenters. The molecule has 0 aromatic heterocycles. The molecule has 3 nitrogen and oxygen atoms in total. The summed E-state index contributed by atoms with van der Waals surface area (Å²) >= 11 is 11.8. The molecule has 0 aliphatic rings. The summed E-state index contributed by atoms with van der Waals surface area (Å²) in [5, 5.41) is 13.2. The maximum absolute atomic E-state index is 11.0. The van der Waals surface area contributed by atoms with Crippen LogP contribution in [-0.2, 0) is 11.3 Å². The van der Waals surface area contributed by atoms with Gasteiger partial charge < -0.3 is 10.4 Å². The molecule has 0 bridgehead atoms. The smallest absolute Gasteiger partial charge is 0.320 e. The number of halogens is 2. The molecule has 1 unspecified atom stereocenters. The van der Waals surface area contributed by atoms with Crippen LogP contribution in [0.15, 0.2) is 18.2 Å². The lowest BCUT2D eigenvalue weighted by atomic mass is 10.1. The van der Waals surface area contributed by atoms with Gasteiger partial charge in [0, 0.05) is 16.6 Å². The standard InChI is InChI=1S/C13H17Cl2NO2/c1-2-3-4-12(13(17)18)16-8-9-5-6-10(14)7-11(9)15/h5-7,12,16H,2-4,8H2,1H3,(H,17,18). The summed E-state index contributed by atoms with van der Waals surface area (Å²) in [7, 11) is 0. The normalized spacial score (nSPS) is 12.4. The zero-order valence-corrected chi connectivity index (χ0v) is 11.8. The molecule has 0 radical (unpaired) electrons. The first kappa shape index (κ1) is 15.3. The average Bonchev–Trinajstić information content (AvgIpc) is 2.31. The molecule has 0 aliphatic carbocycles. The Labute approximate surface area is 117 Å². The van der Waals surface area contributed by atoms with Gasteiger partial charge in [-0.25, -0.2) is 0 Å². The number of hydrogen-bond acceptors (Lipinski definition) is 2. The van der Waals surface area contributed by atoms with Crippen molar-refractivity contribution in [2.75, 3.05) is 0 Å². The average molecular weight is 290 g/mol. The van der Waals surface area contributed by atoms with Crippen molar-refractivity contribution in [2.45, 2.75) is 38.8 Å². The van der Waals surface area contributed by atoms with Gasteiger partial charge in [-0.2, -0.15) is 0 Å². The number of carbonyl (C=O) groups is 1. The highest BCUT2D eigenvalue weighted by Gasteiger charge is 2.16. The maximum Gasteiger partial charge on any atom is 0.320 e. The Balaban J connectivity index is 2.58. The summed E-state index contributed by atoms with van der Waals surface area (Å²) in [5.41, 5.74) is 0.851. The Morgan fingerprint density at radius 1 is 1.44 bits per heavy atom. The molecular formula is C13H17Cl2NO2. The van der Waals surface area contributed by atoms with Gasteiger partial charge in [0.05, 0.1) is 0 Å². The van der Waals surface area contributed by atoms with Crippen molar-refractivity contribution in [1.82, 2.24) is 5.32 Å². The Morgan fingerprint density at radius 2 is 2.17 bits per heavy atom. The second kappa shape index (κ2) is 7.62. The summed E-state index contributed by atoms with van der Waals surface area (Å²) in [4.78, 5) is 11.0. The molecule has 18 heavy (non-hydrogen) atoms. The molecule has 2 N–H and O–H groups in total. The molecule has 100 valence electrons. The summed E-state index contributed by atoms with van der Waals surface area (Å²) < 4.78 is 0. The number of hydrogen-bond donors (Lipinski definition) is 2. The second-order valence-corrected chi connectivity index (χ2v) is 4.99. The van der Waals surface area contributed by atoms with Crippen LogP contribution < -0.4 is 5.32 Å². The molecule has 0 saturated heterocycles. The number of aliphatic carboxylic acids is 1. The van der Waals surface area contributed by atoms with E-state index in [2.05, 4.69) is 5.32 Å². The molecule has 0 spiro atoms. The minimum atomic E-state index is -0.825. The maximum atomic E-state index is 11.0. The molecular weight excluding hydrogens is 273 g/mol. The van der Waals surface area contributed by atoms with Gasteiger partial charge in [-0.1, -0.05) is 49.0 Å². The van der Waals surface area contributed by atoms with Crippen molar-refractivity contribution in [3.63, 3.8) is 0 Å². The second-order valence-electron chi connectivity index (χ2n) is 4.15. The van der Waals surface area contributed by atoms with E-state index in [0.717, 1.165) is 18.4 Å². The van der Waals surface area contributed by atoms with E-state index < -0.39 is 12.0 Å². The molecule has 0 fully saturated rings. The highest BCUT2D eigenvalue weighted by Crippen LogP contribution is 2.21. The van der Waals surface area contributed by atoms with Gasteiger partial charge in [0.15, 0.2) is 0 Å². The van der Waals surface area contributed by atoms with E-state index >= 15 is 0 Å². The molecule has 1 rings (SSSR count). The number of nitrogens with one attached hydrogen (secondary N) is 1. The van der Waals surface area contributed by atoms with E-state index in [4.69, 9.17) is 28.3 Å². The fraction of sp³-hybridized carbons (Fsp3) is 0.462. The molecule has 0 heterocycles. The Kier molecular flexibility index (Phi) is 6.47. The van der Waals surface area contributed by atoms with Crippen LogP contribution >= 0.6 is 23.2 Å². The van der Waals surface area contributed by atoms with Crippen LogP contribution in [0.2, 0.25) is 10.0 Å². The van der Waals surface area contributed by atoms with Gasteiger partial charge in [-0.15, -0.1) is 0 Å². The van der Waals surface area contributed by atoms with Gasteiger partial charge in [0.25, 0.3) is 0 Å². The van der Waals surface area contributed by atoms with Crippen LogP contribution in [0.5, 0.6) is 0 Å². The lowest BCUT2D eigenvalue weighted by Crippen LogP contribution is -2.36. The summed E-state index contributed by atoms with van der Waals surface area (Å²) in [6.45, 7) is 2.46. The Hall–Kier alpha value is -0.770. The van der Waals surface area contributed by atoms with E-state index in [1.165, 1.54) is 0 Å². The van der Waals surface area contributed by atoms with Crippen molar-refractivity contribution < 1.29 is 9.90 Å². The highest BCUT2D eigenvalue weighted by atomic mass is 35.5. The third-order valence-electron chi connectivity index (χ3n) is 2.70. The third kappa shape index (κ3) is 4.84. The molecule has 0 amide bonds. The van der Waals surface area contributed by atoms with Gasteiger partial charge >= 0.3 is 5.97 Å². The van der Waals surface area contributed by atoms with Crippen LogP contribution in [0.3, 0.4) is 0 Å². The largest absolute Gasteiger partial charge is 0.480 e. The predicted molar refractivity (Wildman–Crippen MR) is 74.3 cm³/mol. The quantitative estimate of drug-likeness (QED) is 0.804. The molecule has 0 saturated carbocycles. The first-order valence-corrected chi connectivity index (χ1v) is 6.70. The van der Waals surface area contributed by atoms with Crippen molar-refractivity contribution in [3.05, 3.63) is 33.8 Å². The highest BCUT2D eigenvalue weighted by molar-refractivity contribution is 6.35. The fourth-order valence-corrected chi connectivity index (χ4v) is 2.09. The van der Waals surface area contributed by atoms with E-state index in [0.29, 0.717) is 23.0 Å². The SMILES string of the molecule is CCCCC(NCc1ccc(Cl)cc1Cl)C(=O)O. The summed E-state index contributed by atoms with van der Waals surface area (Å²) in [6.07, 6.45) is 2.49. The molecule has 1 aromatic rings. The minimum Gasteiger partial charge on any atom is -0.480 e.